The molecule has 0 spiro atoms. The van der Waals surface area contributed by atoms with Gasteiger partial charge in [0.2, 0.25) is 0 Å². The fourth-order valence-corrected chi connectivity index (χ4v) is 2.74. The molecule has 0 bridgehead atoms. The highest BCUT2D eigenvalue weighted by atomic mass is 127. The molecule has 1 aromatic carbocycles. The van der Waals surface area contributed by atoms with E-state index in [-0.39, 0.29) is 5.56 Å². The first-order valence-electron chi connectivity index (χ1n) is 6.32. The summed E-state index contributed by atoms with van der Waals surface area (Å²) >= 11 is 8.24. The second-order valence-corrected chi connectivity index (χ2v) is 6.14. The van der Waals surface area contributed by atoms with Gasteiger partial charge in [0.1, 0.15) is 5.15 Å². The summed E-state index contributed by atoms with van der Waals surface area (Å²) in [6.07, 6.45) is 1.55. The smallest absolute Gasteiger partial charge is 0.267 e. The Kier molecular flexibility index (Phi) is 3.95. The number of benzene rings is 1. The van der Waals surface area contributed by atoms with E-state index in [9.17, 15) is 4.79 Å². The summed E-state index contributed by atoms with van der Waals surface area (Å²) in [5.41, 5.74) is 2.32. The standard InChI is InChI=1S/C15H11ClIN3O/c1-9-13(17)15(21)20(8-18-9)7-11-6-10-4-2-3-5-12(10)19-14(11)16/h2-6,8H,7H2,1H3. The molecule has 0 amide bonds. The fraction of sp³-hybridized carbons (Fsp3) is 0.133. The molecule has 0 radical (unpaired) electrons. The zero-order chi connectivity index (χ0) is 15.0. The van der Waals surface area contributed by atoms with Crippen molar-refractivity contribution in [2.45, 2.75) is 13.5 Å². The zero-order valence-corrected chi connectivity index (χ0v) is 14.1. The van der Waals surface area contributed by atoms with Crippen molar-refractivity contribution in [3.8, 4) is 0 Å². The monoisotopic (exact) mass is 411 g/mol. The molecule has 0 atom stereocenters. The minimum Gasteiger partial charge on any atom is -0.294 e. The van der Waals surface area contributed by atoms with Gasteiger partial charge >= 0.3 is 0 Å². The van der Waals surface area contributed by atoms with Gasteiger partial charge in [0.15, 0.2) is 0 Å². The zero-order valence-electron chi connectivity index (χ0n) is 11.2. The molecule has 6 heteroatoms. The molecule has 0 saturated carbocycles. The van der Waals surface area contributed by atoms with Gasteiger partial charge in [-0.3, -0.25) is 9.36 Å². The molecule has 3 aromatic rings. The van der Waals surface area contributed by atoms with Crippen molar-refractivity contribution in [3.05, 3.63) is 67.0 Å². The van der Waals surface area contributed by atoms with Crippen molar-refractivity contribution in [1.82, 2.24) is 14.5 Å². The van der Waals surface area contributed by atoms with Crippen LogP contribution in [-0.4, -0.2) is 14.5 Å². The van der Waals surface area contributed by atoms with Crippen LogP contribution in [0.5, 0.6) is 0 Å². The van der Waals surface area contributed by atoms with Gasteiger partial charge in [0, 0.05) is 10.9 Å². The molecular weight excluding hydrogens is 401 g/mol. The lowest BCUT2D eigenvalue weighted by Gasteiger charge is -2.09. The maximum atomic E-state index is 12.2. The molecule has 21 heavy (non-hydrogen) atoms. The van der Waals surface area contributed by atoms with Crippen LogP contribution in [0.25, 0.3) is 10.9 Å². The summed E-state index contributed by atoms with van der Waals surface area (Å²) in [5, 5.41) is 1.41. The van der Waals surface area contributed by atoms with Crippen molar-refractivity contribution in [3.63, 3.8) is 0 Å². The lowest BCUT2D eigenvalue weighted by molar-refractivity contribution is 0.722. The lowest BCUT2D eigenvalue weighted by Crippen LogP contribution is -2.24. The van der Waals surface area contributed by atoms with E-state index in [1.54, 1.807) is 10.9 Å². The third-order valence-electron chi connectivity index (χ3n) is 3.25. The van der Waals surface area contributed by atoms with Crippen LogP contribution in [0.3, 0.4) is 0 Å². The van der Waals surface area contributed by atoms with Gasteiger partial charge < -0.3 is 0 Å². The van der Waals surface area contributed by atoms with Crippen LogP contribution in [-0.2, 0) is 6.54 Å². The van der Waals surface area contributed by atoms with Crippen molar-refractivity contribution in [2.75, 3.05) is 0 Å². The van der Waals surface area contributed by atoms with E-state index in [1.807, 2.05) is 59.8 Å². The Bertz CT molecular complexity index is 892. The van der Waals surface area contributed by atoms with Gasteiger partial charge in [-0.05, 0) is 41.6 Å². The van der Waals surface area contributed by atoms with Crippen LogP contribution in [0.15, 0.2) is 41.5 Å². The highest BCUT2D eigenvalue weighted by Crippen LogP contribution is 2.21. The molecule has 2 aromatic heterocycles. The Morgan fingerprint density at radius 1 is 1.33 bits per heavy atom. The van der Waals surface area contributed by atoms with Crippen molar-refractivity contribution < 1.29 is 0 Å². The Balaban J connectivity index is 2.08. The molecule has 4 nitrogen and oxygen atoms in total. The molecular formula is C15H11ClIN3O. The van der Waals surface area contributed by atoms with E-state index in [0.29, 0.717) is 15.3 Å². The number of fused-ring (bicyclic) bond motifs is 1. The Labute approximate surface area is 139 Å². The SMILES string of the molecule is Cc1ncn(Cc2cc3ccccc3nc2Cl)c(=O)c1I. The van der Waals surface area contributed by atoms with E-state index in [0.717, 1.165) is 22.2 Å². The van der Waals surface area contributed by atoms with Gasteiger partial charge in [0.25, 0.3) is 5.56 Å². The number of pyridine rings is 1. The third kappa shape index (κ3) is 2.80. The van der Waals surface area contributed by atoms with Crippen LogP contribution in [0.4, 0.5) is 0 Å². The van der Waals surface area contributed by atoms with Crippen LogP contribution in [0.2, 0.25) is 5.15 Å². The molecule has 0 unspecified atom stereocenters. The predicted molar refractivity (Wildman–Crippen MR) is 91.8 cm³/mol. The van der Waals surface area contributed by atoms with E-state index in [2.05, 4.69) is 9.97 Å². The number of nitrogens with zero attached hydrogens (tertiary/aromatic N) is 3. The van der Waals surface area contributed by atoms with Crippen LogP contribution in [0.1, 0.15) is 11.3 Å². The summed E-state index contributed by atoms with van der Waals surface area (Å²) in [4.78, 5) is 20.8. The molecule has 0 saturated heterocycles. The van der Waals surface area contributed by atoms with Gasteiger partial charge in [-0.15, -0.1) is 0 Å². The van der Waals surface area contributed by atoms with E-state index < -0.39 is 0 Å². The quantitative estimate of drug-likeness (QED) is 0.480. The third-order valence-corrected chi connectivity index (χ3v) is 4.82. The normalized spacial score (nSPS) is 11.0. The first kappa shape index (κ1) is 14.5. The Hall–Kier alpha value is -1.47. The van der Waals surface area contributed by atoms with Crippen molar-refractivity contribution in [1.29, 1.82) is 0 Å². The molecule has 0 fully saturated rings. The second kappa shape index (κ2) is 5.73. The number of aryl methyl sites for hydroxylation is 1. The topological polar surface area (TPSA) is 47.8 Å². The molecule has 0 aliphatic rings. The molecule has 0 N–H and O–H groups in total. The van der Waals surface area contributed by atoms with Crippen molar-refractivity contribution >= 4 is 45.1 Å². The summed E-state index contributed by atoms with van der Waals surface area (Å²) in [5.74, 6) is 0. The number of para-hydroxylation sites is 1. The van der Waals surface area contributed by atoms with Crippen LogP contribution in [0, 0.1) is 10.5 Å². The number of halogens is 2. The van der Waals surface area contributed by atoms with Crippen LogP contribution < -0.4 is 5.56 Å². The number of hydrogen-bond acceptors (Lipinski definition) is 3. The van der Waals surface area contributed by atoms with Gasteiger partial charge in [0.05, 0.1) is 27.7 Å². The fourth-order valence-electron chi connectivity index (χ4n) is 2.09. The highest BCUT2D eigenvalue weighted by molar-refractivity contribution is 14.1. The predicted octanol–water partition coefficient (Wildman–Crippen LogP) is 3.41. The first-order valence-corrected chi connectivity index (χ1v) is 7.77. The lowest BCUT2D eigenvalue weighted by atomic mass is 10.1. The average molecular weight is 412 g/mol. The van der Waals surface area contributed by atoms with Gasteiger partial charge in [-0.25, -0.2) is 9.97 Å². The van der Waals surface area contributed by atoms with Gasteiger partial charge in [-0.2, -0.15) is 0 Å². The summed E-state index contributed by atoms with van der Waals surface area (Å²) in [6, 6.07) is 9.71. The maximum Gasteiger partial charge on any atom is 0.267 e. The number of hydrogen-bond donors (Lipinski definition) is 0. The average Bonchev–Trinajstić information content (AvgIpc) is 2.48. The Morgan fingerprint density at radius 3 is 2.90 bits per heavy atom. The Morgan fingerprint density at radius 2 is 2.10 bits per heavy atom. The highest BCUT2D eigenvalue weighted by Gasteiger charge is 2.09. The molecule has 2 heterocycles. The van der Waals surface area contributed by atoms with Crippen LogP contribution >= 0.6 is 34.2 Å². The minimum absolute atomic E-state index is 0.0627. The molecule has 3 rings (SSSR count). The number of aromatic nitrogens is 3. The summed E-state index contributed by atoms with van der Waals surface area (Å²) < 4.78 is 2.17. The molecule has 0 aliphatic carbocycles. The number of rotatable bonds is 2. The summed E-state index contributed by atoms with van der Waals surface area (Å²) in [7, 11) is 0. The largest absolute Gasteiger partial charge is 0.294 e. The maximum absolute atomic E-state index is 12.2. The van der Waals surface area contributed by atoms with Gasteiger partial charge in [-0.1, -0.05) is 29.8 Å². The summed E-state index contributed by atoms with van der Waals surface area (Å²) in [6.45, 7) is 2.18. The van der Waals surface area contributed by atoms with E-state index >= 15 is 0 Å². The van der Waals surface area contributed by atoms with E-state index in [1.165, 1.54) is 0 Å². The second-order valence-electron chi connectivity index (χ2n) is 4.71. The molecule has 0 aliphatic heterocycles. The minimum atomic E-state index is -0.0627. The van der Waals surface area contributed by atoms with Crippen molar-refractivity contribution in [2.24, 2.45) is 0 Å². The molecule has 106 valence electrons. The first-order chi connectivity index (χ1) is 10.1. The van der Waals surface area contributed by atoms with E-state index in [4.69, 9.17) is 11.6 Å².